The third-order valence-electron chi connectivity index (χ3n) is 4.63. The largest absolute Gasteiger partial charge is 0.480 e. The van der Waals surface area contributed by atoms with Crippen molar-refractivity contribution in [3.05, 3.63) is 35.9 Å². The van der Waals surface area contributed by atoms with Gasteiger partial charge in [-0.3, -0.25) is 9.59 Å². The molecule has 0 unspecified atom stereocenters. The lowest BCUT2D eigenvalue weighted by molar-refractivity contribution is -0.145. The minimum absolute atomic E-state index is 0.00924. The predicted octanol–water partition coefficient (Wildman–Crippen LogP) is 2.46. The number of carbonyl (C=O) groups is 4. The molecule has 3 amide bonds. The van der Waals surface area contributed by atoms with E-state index in [1.54, 1.807) is 65.0 Å². The van der Waals surface area contributed by atoms with Crippen LogP contribution in [0.25, 0.3) is 0 Å². The van der Waals surface area contributed by atoms with E-state index in [9.17, 15) is 33.1 Å². The Morgan fingerprint density at radius 3 is 1.97 bits per heavy atom. The summed E-state index contributed by atoms with van der Waals surface area (Å²) in [6, 6.07) is 4.58. The van der Waals surface area contributed by atoms with E-state index in [1.807, 2.05) is 0 Å². The molecule has 0 saturated heterocycles. The first-order valence-electron chi connectivity index (χ1n) is 11.4. The van der Waals surface area contributed by atoms with Gasteiger partial charge in [-0.05, 0) is 38.7 Å². The number of rotatable bonds is 13. The molecule has 0 spiro atoms. The normalized spacial score (nSPS) is 14.0. The fourth-order valence-corrected chi connectivity index (χ4v) is 3.10. The van der Waals surface area contributed by atoms with Gasteiger partial charge in [-0.1, -0.05) is 44.2 Å². The van der Waals surface area contributed by atoms with E-state index in [2.05, 4.69) is 20.7 Å². The molecule has 3 atom stereocenters. The standard InChI is InChI=1S/C24H35F2N3O7/c1-14(2)11-16(19(30)28-17(21(32)33)12-15-9-7-6-8-10-15)27-20(31)18(13-35-22(25)26)29-23(34)36-24(3,4)5/h6-10,14,16-18,22H,11-13H2,1-5H3,(H,27,31)(H,28,30)(H,29,34)(H,32,33)/t16-,17-,18-/m0/s1. The number of carboxylic acid groups (broad SMARTS) is 1. The Hall–Kier alpha value is -3.28. The number of alkyl carbamates (subject to hydrolysis) is 1. The molecule has 0 fully saturated rings. The van der Waals surface area contributed by atoms with Crippen LogP contribution in [0.5, 0.6) is 0 Å². The third-order valence-corrected chi connectivity index (χ3v) is 4.63. The summed E-state index contributed by atoms with van der Waals surface area (Å²) in [4.78, 5) is 49.7. The Kier molecular flexibility index (Phi) is 12.2. The van der Waals surface area contributed by atoms with Gasteiger partial charge in [0.05, 0.1) is 6.61 Å². The van der Waals surface area contributed by atoms with Gasteiger partial charge in [0.1, 0.15) is 23.7 Å². The first-order chi connectivity index (χ1) is 16.7. The highest BCUT2D eigenvalue weighted by atomic mass is 19.3. The van der Waals surface area contributed by atoms with E-state index >= 15 is 0 Å². The summed E-state index contributed by atoms with van der Waals surface area (Å²) in [5, 5.41) is 16.6. The van der Waals surface area contributed by atoms with Crippen molar-refractivity contribution in [2.45, 2.75) is 77.8 Å². The zero-order valence-corrected chi connectivity index (χ0v) is 21.0. The number of alkyl halides is 2. The fourth-order valence-electron chi connectivity index (χ4n) is 3.10. The Morgan fingerprint density at radius 2 is 1.47 bits per heavy atom. The Labute approximate surface area is 209 Å². The van der Waals surface area contributed by atoms with Crippen molar-refractivity contribution >= 4 is 23.9 Å². The average Bonchev–Trinajstić information content (AvgIpc) is 2.74. The number of carboxylic acids is 1. The lowest BCUT2D eigenvalue weighted by Crippen LogP contribution is -2.57. The lowest BCUT2D eigenvalue weighted by atomic mass is 10.0. The zero-order valence-electron chi connectivity index (χ0n) is 21.0. The van der Waals surface area contributed by atoms with Crippen LogP contribution in [0.15, 0.2) is 30.3 Å². The second kappa shape index (κ2) is 14.3. The molecular weight excluding hydrogens is 480 g/mol. The summed E-state index contributed by atoms with van der Waals surface area (Å²) in [5.41, 5.74) is -0.236. The SMILES string of the molecule is CC(C)C[C@H](NC(=O)[C@H](COC(F)F)NC(=O)OC(C)(C)C)C(=O)N[C@@H](Cc1ccccc1)C(=O)O. The van der Waals surface area contributed by atoms with Crippen LogP contribution >= 0.6 is 0 Å². The number of amides is 3. The number of carbonyl (C=O) groups excluding carboxylic acids is 3. The van der Waals surface area contributed by atoms with Crippen LogP contribution in [0.4, 0.5) is 13.6 Å². The van der Waals surface area contributed by atoms with Gasteiger partial charge in [0, 0.05) is 6.42 Å². The number of nitrogens with one attached hydrogen (secondary N) is 3. The number of hydrogen-bond acceptors (Lipinski definition) is 6. The van der Waals surface area contributed by atoms with Crippen molar-refractivity contribution in [2.24, 2.45) is 5.92 Å². The number of halogens is 2. The zero-order chi connectivity index (χ0) is 27.5. The van der Waals surface area contributed by atoms with Gasteiger partial charge >= 0.3 is 18.7 Å². The van der Waals surface area contributed by atoms with Gasteiger partial charge in [0.2, 0.25) is 11.8 Å². The third kappa shape index (κ3) is 12.4. The first kappa shape index (κ1) is 30.8. The van der Waals surface area contributed by atoms with Crippen LogP contribution in [-0.2, 0) is 30.3 Å². The quantitative estimate of drug-likeness (QED) is 0.316. The smallest absolute Gasteiger partial charge is 0.408 e. The Morgan fingerprint density at radius 1 is 0.917 bits per heavy atom. The maximum Gasteiger partial charge on any atom is 0.408 e. The number of hydrogen-bond donors (Lipinski definition) is 4. The van der Waals surface area contributed by atoms with Crippen molar-refractivity contribution in [1.29, 1.82) is 0 Å². The molecule has 4 N–H and O–H groups in total. The van der Waals surface area contributed by atoms with E-state index in [0.717, 1.165) is 0 Å². The monoisotopic (exact) mass is 515 g/mol. The van der Waals surface area contributed by atoms with Crippen molar-refractivity contribution in [3.8, 4) is 0 Å². The molecule has 36 heavy (non-hydrogen) atoms. The van der Waals surface area contributed by atoms with E-state index in [-0.39, 0.29) is 18.8 Å². The van der Waals surface area contributed by atoms with E-state index in [4.69, 9.17) is 4.74 Å². The molecule has 0 radical (unpaired) electrons. The van der Waals surface area contributed by atoms with Crippen molar-refractivity contribution in [2.75, 3.05) is 6.61 Å². The van der Waals surface area contributed by atoms with Crippen molar-refractivity contribution in [1.82, 2.24) is 16.0 Å². The molecular formula is C24H35F2N3O7. The Bertz CT molecular complexity index is 876. The molecule has 0 bridgehead atoms. The highest BCUT2D eigenvalue weighted by molar-refractivity contribution is 5.93. The van der Waals surface area contributed by atoms with Crippen LogP contribution in [0, 0.1) is 5.92 Å². The Balaban J connectivity index is 3.00. The highest BCUT2D eigenvalue weighted by Crippen LogP contribution is 2.10. The summed E-state index contributed by atoms with van der Waals surface area (Å²) in [7, 11) is 0. The van der Waals surface area contributed by atoms with Crippen molar-refractivity contribution in [3.63, 3.8) is 0 Å². The molecule has 202 valence electrons. The fraction of sp³-hybridized carbons (Fsp3) is 0.583. The number of benzene rings is 1. The summed E-state index contributed by atoms with van der Waals surface area (Å²) in [6.45, 7) is 4.20. The van der Waals surface area contributed by atoms with E-state index < -0.39 is 60.8 Å². The molecule has 0 aliphatic carbocycles. The van der Waals surface area contributed by atoms with Crippen LogP contribution in [0.2, 0.25) is 0 Å². The molecule has 0 aromatic heterocycles. The average molecular weight is 516 g/mol. The second-order valence-corrected chi connectivity index (χ2v) is 9.57. The summed E-state index contributed by atoms with van der Waals surface area (Å²) in [5.74, 6) is -3.12. The summed E-state index contributed by atoms with van der Waals surface area (Å²) >= 11 is 0. The van der Waals surface area contributed by atoms with Gasteiger partial charge in [-0.15, -0.1) is 0 Å². The molecule has 0 aliphatic rings. The second-order valence-electron chi connectivity index (χ2n) is 9.57. The van der Waals surface area contributed by atoms with Crippen LogP contribution in [0.3, 0.4) is 0 Å². The van der Waals surface area contributed by atoms with Gasteiger partial charge in [-0.25, -0.2) is 9.59 Å². The minimum atomic E-state index is -3.20. The van der Waals surface area contributed by atoms with Gasteiger partial charge < -0.3 is 30.5 Å². The molecule has 0 saturated carbocycles. The number of aliphatic carboxylic acids is 1. The van der Waals surface area contributed by atoms with Crippen molar-refractivity contribution < 1.29 is 42.5 Å². The van der Waals surface area contributed by atoms with E-state index in [0.29, 0.717) is 5.56 Å². The summed E-state index contributed by atoms with van der Waals surface area (Å²) < 4.78 is 34.5. The van der Waals surface area contributed by atoms with E-state index in [1.165, 1.54) is 0 Å². The van der Waals surface area contributed by atoms with Crippen LogP contribution in [-0.4, -0.2) is 65.9 Å². The molecule has 1 rings (SSSR count). The van der Waals surface area contributed by atoms with Crippen LogP contribution < -0.4 is 16.0 Å². The molecule has 0 heterocycles. The molecule has 1 aromatic rings. The lowest BCUT2D eigenvalue weighted by Gasteiger charge is -2.26. The molecule has 10 nitrogen and oxygen atoms in total. The van der Waals surface area contributed by atoms with Gasteiger partial charge in [0.15, 0.2) is 0 Å². The first-order valence-corrected chi connectivity index (χ1v) is 11.4. The summed E-state index contributed by atoms with van der Waals surface area (Å²) in [6.07, 6.45) is -0.918. The maximum atomic E-state index is 13.0. The molecule has 1 aromatic carbocycles. The van der Waals surface area contributed by atoms with Crippen LogP contribution in [0.1, 0.15) is 46.6 Å². The van der Waals surface area contributed by atoms with Gasteiger partial charge in [-0.2, -0.15) is 8.78 Å². The highest BCUT2D eigenvalue weighted by Gasteiger charge is 2.31. The molecule has 0 aliphatic heterocycles. The maximum absolute atomic E-state index is 13.0. The molecule has 12 heteroatoms. The number of ether oxygens (including phenoxy) is 2. The minimum Gasteiger partial charge on any atom is -0.480 e. The topological polar surface area (TPSA) is 143 Å². The predicted molar refractivity (Wildman–Crippen MR) is 126 cm³/mol. The van der Waals surface area contributed by atoms with Gasteiger partial charge in [0.25, 0.3) is 0 Å².